The molecule has 0 saturated carbocycles. The van der Waals surface area contributed by atoms with Crippen molar-refractivity contribution in [1.82, 2.24) is 9.38 Å². The fourth-order valence-electron chi connectivity index (χ4n) is 2.12. The van der Waals surface area contributed by atoms with Crippen molar-refractivity contribution in [3.05, 3.63) is 17.3 Å². The van der Waals surface area contributed by atoms with Gasteiger partial charge in [0.1, 0.15) is 0 Å². The zero-order valence-electron chi connectivity index (χ0n) is 11.9. The number of carboxylic acid groups (broad SMARTS) is 1. The number of methoxy groups -OCH3 is 1. The van der Waals surface area contributed by atoms with Crippen LogP contribution in [0.1, 0.15) is 24.3 Å². The third-order valence-electron chi connectivity index (χ3n) is 2.90. The molecule has 0 aliphatic rings. The summed E-state index contributed by atoms with van der Waals surface area (Å²) in [6.07, 6.45) is 1.74. The molecule has 2 aromatic rings. The number of rotatable bonds is 7. The van der Waals surface area contributed by atoms with Gasteiger partial charge in [0.05, 0.1) is 6.61 Å². The molecule has 0 bridgehead atoms. The van der Waals surface area contributed by atoms with E-state index in [2.05, 4.69) is 18.8 Å². The third-order valence-corrected chi connectivity index (χ3v) is 3.65. The fraction of sp³-hybridized carbons (Fsp3) is 0.538. The summed E-state index contributed by atoms with van der Waals surface area (Å²) < 4.78 is 6.74. The Balaban J connectivity index is 2.42. The van der Waals surface area contributed by atoms with Gasteiger partial charge in [-0.2, -0.15) is 0 Å². The van der Waals surface area contributed by atoms with Crippen LogP contribution >= 0.6 is 11.3 Å². The minimum Gasteiger partial charge on any atom is -0.476 e. The predicted octanol–water partition coefficient (Wildman–Crippen LogP) is 2.20. The topological polar surface area (TPSA) is 67.1 Å². The van der Waals surface area contributed by atoms with Crippen LogP contribution < -0.4 is 4.90 Å². The maximum Gasteiger partial charge on any atom is 0.356 e. The average Bonchev–Trinajstić information content (AvgIpc) is 2.92. The van der Waals surface area contributed by atoms with Gasteiger partial charge < -0.3 is 14.7 Å². The van der Waals surface area contributed by atoms with Crippen molar-refractivity contribution in [2.75, 3.05) is 31.7 Å². The highest BCUT2D eigenvalue weighted by Gasteiger charge is 2.24. The average molecular weight is 297 g/mol. The van der Waals surface area contributed by atoms with Gasteiger partial charge in [-0.05, 0) is 5.92 Å². The molecule has 110 valence electrons. The van der Waals surface area contributed by atoms with Gasteiger partial charge in [0.15, 0.2) is 16.5 Å². The van der Waals surface area contributed by atoms with E-state index in [1.54, 1.807) is 17.7 Å². The number of aromatic nitrogens is 2. The van der Waals surface area contributed by atoms with Crippen molar-refractivity contribution in [2.24, 2.45) is 5.92 Å². The lowest BCUT2D eigenvalue weighted by molar-refractivity contribution is 0.0690. The molecule has 0 saturated heterocycles. The Morgan fingerprint density at radius 2 is 2.35 bits per heavy atom. The van der Waals surface area contributed by atoms with Crippen LogP contribution in [0.3, 0.4) is 0 Å². The number of imidazole rings is 1. The van der Waals surface area contributed by atoms with Crippen LogP contribution in [0.15, 0.2) is 11.6 Å². The van der Waals surface area contributed by atoms with Gasteiger partial charge in [-0.1, -0.05) is 13.8 Å². The molecule has 20 heavy (non-hydrogen) atoms. The predicted molar refractivity (Wildman–Crippen MR) is 79.0 cm³/mol. The molecule has 0 aliphatic carbocycles. The molecule has 0 spiro atoms. The Hall–Kier alpha value is -1.60. The van der Waals surface area contributed by atoms with Crippen molar-refractivity contribution in [3.8, 4) is 0 Å². The van der Waals surface area contributed by atoms with Gasteiger partial charge in [-0.15, -0.1) is 11.3 Å². The van der Waals surface area contributed by atoms with Crippen LogP contribution in [0.25, 0.3) is 4.96 Å². The third kappa shape index (κ3) is 2.94. The van der Waals surface area contributed by atoms with E-state index in [1.165, 1.54) is 11.3 Å². The maximum atomic E-state index is 11.5. The molecule has 1 N–H and O–H groups in total. The number of nitrogens with zero attached hydrogens (tertiary/aromatic N) is 3. The van der Waals surface area contributed by atoms with Gasteiger partial charge in [0.2, 0.25) is 0 Å². The zero-order chi connectivity index (χ0) is 14.7. The molecule has 0 fully saturated rings. The molecule has 2 heterocycles. The number of hydrogen-bond acceptors (Lipinski definition) is 5. The first kappa shape index (κ1) is 14.8. The maximum absolute atomic E-state index is 11.5. The highest BCUT2D eigenvalue weighted by molar-refractivity contribution is 7.15. The quantitative estimate of drug-likeness (QED) is 0.848. The van der Waals surface area contributed by atoms with Crippen LogP contribution in [-0.4, -0.2) is 47.3 Å². The lowest BCUT2D eigenvalue weighted by Crippen LogP contribution is -2.32. The normalized spacial score (nSPS) is 11.4. The molecule has 2 aromatic heterocycles. The molecule has 2 rings (SSSR count). The number of carbonyl (C=O) groups is 1. The monoisotopic (exact) mass is 297 g/mol. The Morgan fingerprint density at radius 3 is 2.95 bits per heavy atom. The molecule has 6 nitrogen and oxygen atoms in total. The summed E-state index contributed by atoms with van der Waals surface area (Å²) in [6, 6.07) is 0. The second kappa shape index (κ2) is 6.23. The molecule has 0 unspecified atom stereocenters. The number of thiazole rings is 1. The fourth-order valence-corrected chi connectivity index (χ4v) is 2.83. The van der Waals surface area contributed by atoms with Crippen LogP contribution in [0.5, 0.6) is 0 Å². The Labute approximate surface area is 121 Å². The number of carboxylic acids is 1. The highest BCUT2D eigenvalue weighted by atomic mass is 32.1. The van der Waals surface area contributed by atoms with E-state index in [0.29, 0.717) is 29.8 Å². The van der Waals surface area contributed by atoms with Gasteiger partial charge >= 0.3 is 5.97 Å². The summed E-state index contributed by atoms with van der Waals surface area (Å²) in [7, 11) is 1.64. The SMILES string of the molecule is COCCN(CC(C)C)c1nc2sccn2c1C(=O)O. The Kier molecular flexibility index (Phi) is 4.61. The van der Waals surface area contributed by atoms with E-state index in [9.17, 15) is 9.90 Å². The van der Waals surface area contributed by atoms with Crippen LogP contribution in [-0.2, 0) is 4.74 Å². The minimum absolute atomic E-state index is 0.220. The van der Waals surface area contributed by atoms with Crippen molar-refractivity contribution < 1.29 is 14.6 Å². The summed E-state index contributed by atoms with van der Waals surface area (Å²) >= 11 is 1.43. The minimum atomic E-state index is -0.961. The van der Waals surface area contributed by atoms with Crippen LogP contribution in [0.2, 0.25) is 0 Å². The van der Waals surface area contributed by atoms with Crippen molar-refractivity contribution in [1.29, 1.82) is 0 Å². The van der Waals surface area contributed by atoms with Crippen LogP contribution in [0.4, 0.5) is 5.82 Å². The zero-order valence-corrected chi connectivity index (χ0v) is 12.7. The summed E-state index contributed by atoms with van der Waals surface area (Å²) in [5, 5.41) is 11.3. The molecular weight excluding hydrogens is 278 g/mol. The summed E-state index contributed by atoms with van der Waals surface area (Å²) in [4.78, 5) is 18.7. The van der Waals surface area contributed by atoms with Gasteiger partial charge in [0.25, 0.3) is 0 Å². The van der Waals surface area contributed by atoms with Gasteiger partial charge in [-0.25, -0.2) is 9.78 Å². The molecule has 7 heteroatoms. The molecule has 0 aromatic carbocycles. The summed E-state index contributed by atoms with van der Waals surface area (Å²) in [6.45, 7) is 6.10. The van der Waals surface area contributed by atoms with E-state index in [-0.39, 0.29) is 5.69 Å². The Morgan fingerprint density at radius 1 is 1.60 bits per heavy atom. The first-order valence-corrected chi connectivity index (χ1v) is 7.35. The molecule has 0 amide bonds. The number of ether oxygens (including phenoxy) is 1. The lowest BCUT2D eigenvalue weighted by atomic mass is 10.2. The van der Waals surface area contributed by atoms with E-state index in [1.807, 2.05) is 10.3 Å². The highest BCUT2D eigenvalue weighted by Crippen LogP contribution is 2.25. The summed E-state index contributed by atoms with van der Waals surface area (Å²) in [5.74, 6) is -0.0274. The standard InChI is InChI=1S/C13H19N3O3S/c1-9(2)8-15(4-6-19-3)11-10(12(17)18)16-5-7-20-13(16)14-11/h5,7,9H,4,6,8H2,1-3H3,(H,17,18). The molecule has 0 aliphatic heterocycles. The Bertz CT molecular complexity index is 591. The lowest BCUT2D eigenvalue weighted by Gasteiger charge is -2.24. The van der Waals surface area contributed by atoms with E-state index >= 15 is 0 Å². The number of fused-ring (bicyclic) bond motifs is 1. The second-order valence-corrected chi connectivity index (χ2v) is 5.85. The molecule has 0 radical (unpaired) electrons. The number of hydrogen-bond donors (Lipinski definition) is 1. The van der Waals surface area contributed by atoms with E-state index < -0.39 is 5.97 Å². The van der Waals surface area contributed by atoms with Crippen molar-refractivity contribution in [3.63, 3.8) is 0 Å². The van der Waals surface area contributed by atoms with Gasteiger partial charge in [0, 0.05) is 31.8 Å². The number of anilines is 1. The van der Waals surface area contributed by atoms with Gasteiger partial charge in [-0.3, -0.25) is 4.40 Å². The van der Waals surface area contributed by atoms with Crippen molar-refractivity contribution in [2.45, 2.75) is 13.8 Å². The van der Waals surface area contributed by atoms with E-state index in [4.69, 9.17) is 4.74 Å². The largest absolute Gasteiger partial charge is 0.476 e. The first-order chi connectivity index (χ1) is 9.54. The molecular formula is C13H19N3O3S. The first-order valence-electron chi connectivity index (χ1n) is 6.47. The van der Waals surface area contributed by atoms with E-state index in [0.717, 1.165) is 6.54 Å². The van der Waals surface area contributed by atoms with Crippen LogP contribution in [0, 0.1) is 5.92 Å². The second-order valence-electron chi connectivity index (χ2n) is 4.98. The van der Waals surface area contributed by atoms with Crippen molar-refractivity contribution >= 4 is 28.1 Å². The summed E-state index contributed by atoms with van der Waals surface area (Å²) in [5.41, 5.74) is 0.220. The smallest absolute Gasteiger partial charge is 0.356 e. The number of aromatic carboxylic acids is 1. The molecule has 0 atom stereocenters.